The summed E-state index contributed by atoms with van der Waals surface area (Å²) in [7, 11) is 0. The molecule has 2 N–H and O–H groups in total. The highest BCUT2D eigenvalue weighted by molar-refractivity contribution is 7.14. The van der Waals surface area contributed by atoms with Gasteiger partial charge in [-0.2, -0.15) is 0 Å². The summed E-state index contributed by atoms with van der Waals surface area (Å²) in [6.45, 7) is 3.91. The maximum Gasteiger partial charge on any atom is 0.266 e. The zero-order valence-electron chi connectivity index (χ0n) is 13.4. The van der Waals surface area contributed by atoms with Gasteiger partial charge in [0, 0.05) is 28.9 Å². The van der Waals surface area contributed by atoms with E-state index in [-0.39, 0.29) is 5.91 Å². The molecule has 4 rings (SSSR count). The maximum atomic E-state index is 12.3. The number of carbonyl (C=O) groups excluding carboxylic acids is 1. The van der Waals surface area contributed by atoms with Gasteiger partial charge < -0.3 is 15.2 Å². The van der Waals surface area contributed by atoms with E-state index in [1.165, 1.54) is 36.1 Å². The number of nitrogens with zero attached hydrogens (tertiary/aromatic N) is 1. The van der Waals surface area contributed by atoms with E-state index in [9.17, 15) is 4.79 Å². The van der Waals surface area contributed by atoms with E-state index in [1.54, 1.807) is 24.3 Å². The number of rotatable bonds is 5. The van der Waals surface area contributed by atoms with Crippen molar-refractivity contribution in [1.29, 1.82) is 0 Å². The topological polar surface area (TPSA) is 67.2 Å². The second-order valence-corrected chi connectivity index (χ2v) is 7.90. The van der Waals surface area contributed by atoms with Crippen molar-refractivity contribution in [2.24, 2.45) is 0 Å². The van der Waals surface area contributed by atoms with Gasteiger partial charge in [-0.15, -0.1) is 11.3 Å². The molecule has 23 heavy (non-hydrogen) atoms. The summed E-state index contributed by atoms with van der Waals surface area (Å²) < 4.78 is 4.98. The van der Waals surface area contributed by atoms with Gasteiger partial charge in [-0.3, -0.25) is 4.79 Å². The molecule has 5 nitrogen and oxygen atoms in total. The van der Waals surface area contributed by atoms with E-state index < -0.39 is 0 Å². The van der Waals surface area contributed by atoms with Gasteiger partial charge in [-0.1, -0.05) is 11.6 Å². The van der Waals surface area contributed by atoms with Crippen LogP contribution in [0.3, 0.4) is 0 Å². The molecule has 0 aromatic carbocycles. The van der Waals surface area contributed by atoms with E-state index in [4.69, 9.17) is 4.52 Å². The van der Waals surface area contributed by atoms with Crippen LogP contribution in [-0.4, -0.2) is 23.1 Å². The Balaban J connectivity index is 1.41. The number of carbonyl (C=O) groups is 1. The van der Waals surface area contributed by atoms with Crippen LogP contribution in [0.5, 0.6) is 0 Å². The number of amides is 1. The highest BCUT2D eigenvalue weighted by Crippen LogP contribution is 2.45. The zero-order valence-corrected chi connectivity index (χ0v) is 14.2. The number of nitrogens with one attached hydrogen (secondary N) is 2. The molecule has 6 heteroatoms. The summed E-state index contributed by atoms with van der Waals surface area (Å²) in [5.74, 6) is 1.62. The Morgan fingerprint density at radius 2 is 2.17 bits per heavy atom. The molecule has 0 spiro atoms. The summed E-state index contributed by atoms with van der Waals surface area (Å²) in [6.07, 6.45) is 5.18. The first-order valence-electron chi connectivity index (χ1n) is 8.21. The molecule has 2 aromatic rings. The minimum absolute atomic E-state index is 0.109. The first kappa shape index (κ1) is 14.9. The van der Waals surface area contributed by atoms with Crippen molar-refractivity contribution in [3.8, 4) is 0 Å². The Kier molecular flexibility index (Phi) is 3.73. The van der Waals surface area contributed by atoms with Crippen molar-refractivity contribution in [2.45, 2.75) is 57.5 Å². The number of anilines is 1. The maximum absolute atomic E-state index is 12.3. The van der Waals surface area contributed by atoms with Crippen molar-refractivity contribution in [1.82, 2.24) is 10.5 Å². The smallest absolute Gasteiger partial charge is 0.266 e. The lowest BCUT2D eigenvalue weighted by molar-refractivity contribution is 0.102. The molecule has 2 aliphatic carbocycles. The minimum atomic E-state index is -0.109. The molecule has 2 unspecified atom stereocenters. The van der Waals surface area contributed by atoms with Crippen molar-refractivity contribution in [3.05, 3.63) is 33.2 Å². The molecule has 2 aliphatic rings. The molecule has 2 heterocycles. The van der Waals surface area contributed by atoms with E-state index >= 15 is 0 Å². The predicted octanol–water partition coefficient (Wildman–Crippen LogP) is 3.60. The van der Waals surface area contributed by atoms with Gasteiger partial charge in [0.2, 0.25) is 0 Å². The summed E-state index contributed by atoms with van der Waals surface area (Å²) in [5, 5.41) is 10.3. The molecule has 0 bridgehead atoms. The third kappa shape index (κ3) is 3.05. The van der Waals surface area contributed by atoms with Crippen LogP contribution in [0.2, 0.25) is 0 Å². The van der Waals surface area contributed by atoms with E-state index in [0.717, 1.165) is 10.9 Å². The second-order valence-electron chi connectivity index (χ2n) is 6.64. The lowest BCUT2D eigenvalue weighted by Gasteiger charge is -2.26. The number of thiophene rings is 1. The first-order chi connectivity index (χ1) is 11.1. The Morgan fingerprint density at radius 1 is 1.35 bits per heavy atom. The summed E-state index contributed by atoms with van der Waals surface area (Å²) in [4.78, 5) is 14.3. The third-order valence-electron chi connectivity index (χ3n) is 4.79. The highest BCUT2D eigenvalue weighted by atomic mass is 32.1. The Labute approximate surface area is 139 Å². The fourth-order valence-electron chi connectivity index (χ4n) is 3.18. The fourth-order valence-corrected chi connectivity index (χ4v) is 4.17. The average molecular weight is 331 g/mol. The lowest BCUT2D eigenvalue weighted by atomic mass is 9.93. The second kappa shape index (κ2) is 5.76. The van der Waals surface area contributed by atoms with E-state index in [2.05, 4.69) is 28.8 Å². The first-order valence-corrected chi connectivity index (χ1v) is 9.03. The van der Waals surface area contributed by atoms with Gasteiger partial charge in [0.25, 0.3) is 5.91 Å². The van der Waals surface area contributed by atoms with Gasteiger partial charge in [0.1, 0.15) is 5.76 Å². The molecule has 2 saturated carbocycles. The molecule has 2 atom stereocenters. The van der Waals surface area contributed by atoms with Crippen molar-refractivity contribution in [2.75, 3.05) is 5.32 Å². The van der Waals surface area contributed by atoms with Gasteiger partial charge in [-0.25, -0.2) is 0 Å². The van der Waals surface area contributed by atoms with Gasteiger partial charge in [0.05, 0.1) is 4.88 Å². The van der Waals surface area contributed by atoms with Crippen LogP contribution in [0.1, 0.15) is 57.5 Å². The summed E-state index contributed by atoms with van der Waals surface area (Å²) in [6, 6.07) is 5.10. The Hall–Kier alpha value is -1.66. The third-order valence-corrected chi connectivity index (χ3v) is 5.86. The molecule has 2 aromatic heterocycles. The molecular formula is C17H21N3O2S. The van der Waals surface area contributed by atoms with E-state index in [0.29, 0.717) is 23.5 Å². The summed E-state index contributed by atoms with van der Waals surface area (Å²) in [5.41, 5.74) is 1.33. The number of hydrogen-bond acceptors (Lipinski definition) is 5. The molecule has 0 aliphatic heterocycles. The van der Waals surface area contributed by atoms with Crippen molar-refractivity contribution in [3.63, 3.8) is 0 Å². The van der Waals surface area contributed by atoms with Gasteiger partial charge in [-0.05, 0) is 44.7 Å². The number of aromatic nitrogens is 1. The monoisotopic (exact) mass is 331 g/mol. The van der Waals surface area contributed by atoms with E-state index in [1.807, 2.05) is 0 Å². The van der Waals surface area contributed by atoms with Crippen LogP contribution in [0.4, 0.5) is 5.82 Å². The van der Waals surface area contributed by atoms with Gasteiger partial charge in [0.15, 0.2) is 5.82 Å². The summed E-state index contributed by atoms with van der Waals surface area (Å²) >= 11 is 1.56. The predicted molar refractivity (Wildman–Crippen MR) is 90.2 cm³/mol. The lowest BCUT2D eigenvalue weighted by Crippen LogP contribution is -2.37. The van der Waals surface area contributed by atoms with Crippen LogP contribution in [0, 0.1) is 13.8 Å². The Morgan fingerprint density at radius 3 is 2.83 bits per heavy atom. The van der Waals surface area contributed by atoms with Crippen LogP contribution in [0.15, 0.2) is 16.7 Å². The fraction of sp³-hybridized carbons (Fsp3) is 0.529. The Bertz CT molecular complexity index is 732. The number of hydrogen-bond donors (Lipinski definition) is 2. The molecule has 1 amide bonds. The highest BCUT2D eigenvalue weighted by Gasteiger charge is 2.41. The normalized spacial score (nSPS) is 23.6. The molecular weight excluding hydrogens is 310 g/mol. The molecule has 0 saturated heterocycles. The average Bonchev–Trinajstić information content (AvgIpc) is 2.94. The minimum Gasteiger partial charge on any atom is -0.360 e. The van der Waals surface area contributed by atoms with Crippen LogP contribution in [-0.2, 0) is 0 Å². The quantitative estimate of drug-likeness (QED) is 0.878. The largest absolute Gasteiger partial charge is 0.360 e. The van der Waals surface area contributed by atoms with Gasteiger partial charge >= 0.3 is 0 Å². The van der Waals surface area contributed by atoms with Crippen LogP contribution in [0.25, 0.3) is 0 Å². The van der Waals surface area contributed by atoms with Crippen molar-refractivity contribution >= 4 is 23.1 Å². The zero-order chi connectivity index (χ0) is 16.0. The van der Waals surface area contributed by atoms with Crippen molar-refractivity contribution < 1.29 is 9.32 Å². The molecule has 122 valence electrons. The number of aryl methyl sites for hydroxylation is 2. The molecule has 0 radical (unpaired) electrons. The molecule has 2 fully saturated rings. The van der Waals surface area contributed by atoms with Crippen LogP contribution >= 0.6 is 11.3 Å². The van der Waals surface area contributed by atoms with Crippen LogP contribution < -0.4 is 10.6 Å². The standard InChI is InChI=1S/C17H21N3O2S/c1-9-6-16(20-22-9)19-17(21)15-8-12(10(2)23-15)13-7-14(13)18-11-4-3-5-11/h6,8,11,13-14,18H,3-5,7H2,1-2H3,(H,19,20,21). The SMILES string of the molecule is Cc1cc(NC(=O)c2cc(C3CC3NC3CCC3)c(C)s2)no1.